The Kier molecular flexibility index (Phi) is 5.74. The normalized spacial score (nSPS) is 12.5. The van der Waals surface area contributed by atoms with Gasteiger partial charge in [0, 0.05) is 0 Å². The van der Waals surface area contributed by atoms with Crippen molar-refractivity contribution in [1.29, 1.82) is 0 Å². The number of hydrogen-bond donors (Lipinski definition) is 0. The summed E-state index contributed by atoms with van der Waals surface area (Å²) in [4.78, 5) is 0. The van der Waals surface area contributed by atoms with E-state index in [9.17, 15) is 13.2 Å². The first-order valence-electron chi connectivity index (χ1n) is 9.83. The second-order valence-electron chi connectivity index (χ2n) is 7.34. The molecule has 0 spiro atoms. The van der Waals surface area contributed by atoms with Gasteiger partial charge in [0.2, 0.25) is 0 Å². The Morgan fingerprint density at radius 3 is 1.47 bits per heavy atom. The summed E-state index contributed by atoms with van der Waals surface area (Å²) in [6.07, 6.45) is -3.87. The molecule has 0 N–H and O–H groups in total. The molecule has 0 atom stereocenters. The van der Waals surface area contributed by atoms with E-state index in [1.807, 2.05) is 91.0 Å². The van der Waals surface area contributed by atoms with Crippen LogP contribution in [0, 0.1) is 0 Å². The molecule has 0 bridgehead atoms. The quantitative estimate of drug-likeness (QED) is 0.350. The third-order valence-corrected chi connectivity index (χ3v) is 10.5. The van der Waals surface area contributed by atoms with Gasteiger partial charge in [-0.05, 0) is 0 Å². The van der Waals surface area contributed by atoms with Crippen LogP contribution in [0.3, 0.4) is 0 Å². The minimum atomic E-state index is -4.42. The van der Waals surface area contributed by atoms with E-state index in [1.54, 1.807) is 12.1 Å². The molecule has 4 aromatic carbocycles. The van der Waals surface area contributed by atoms with Crippen molar-refractivity contribution in [3.8, 4) is 0 Å². The zero-order chi connectivity index (χ0) is 21.0. The number of hydrogen-bond acceptors (Lipinski definition) is 0. The number of benzene rings is 4. The van der Waals surface area contributed by atoms with E-state index in [2.05, 4.69) is 0 Å². The Morgan fingerprint density at radius 2 is 0.967 bits per heavy atom. The summed E-state index contributed by atoms with van der Waals surface area (Å²) in [7, 11) is -3.04. The van der Waals surface area contributed by atoms with Gasteiger partial charge < -0.3 is 0 Å². The van der Waals surface area contributed by atoms with E-state index in [1.165, 1.54) is 12.1 Å². The van der Waals surface area contributed by atoms with E-state index >= 15 is 0 Å². The van der Waals surface area contributed by atoms with Gasteiger partial charge in [0.05, 0.1) is 0 Å². The molecule has 0 nitrogen and oxygen atoms in total. The van der Waals surface area contributed by atoms with Gasteiger partial charge in [-0.15, -0.1) is 0 Å². The zero-order valence-electron chi connectivity index (χ0n) is 16.3. The number of alkyl halides is 3. The summed E-state index contributed by atoms with van der Waals surface area (Å²) in [6.45, 7) is 0. The molecule has 0 aliphatic rings. The second-order valence-corrected chi connectivity index (χ2v) is 11.2. The first-order chi connectivity index (χ1) is 14.5. The maximum atomic E-state index is 14.2. The Balaban J connectivity index is 2.09. The van der Waals surface area contributed by atoms with E-state index in [0.29, 0.717) is 11.5 Å². The SMILES string of the molecule is FC(F)(F)c1ccccc1[PH](Cc1ccccc1)(c1ccccc1)c1ccccc1. The zero-order valence-corrected chi connectivity index (χ0v) is 17.3. The van der Waals surface area contributed by atoms with E-state index < -0.39 is 19.0 Å². The number of halogens is 3. The molecular formula is C26H22F3P. The molecule has 0 saturated carbocycles. The van der Waals surface area contributed by atoms with Crippen LogP contribution in [0.5, 0.6) is 0 Å². The van der Waals surface area contributed by atoms with Crippen LogP contribution in [0.4, 0.5) is 13.2 Å². The molecule has 30 heavy (non-hydrogen) atoms. The molecule has 0 fully saturated rings. The van der Waals surface area contributed by atoms with E-state index in [0.717, 1.165) is 16.2 Å². The average Bonchev–Trinajstić information content (AvgIpc) is 2.79. The Bertz CT molecular complexity index is 1050. The Hall–Kier alpha value is -2.90. The average molecular weight is 422 g/mol. The molecule has 0 aliphatic carbocycles. The van der Waals surface area contributed by atoms with Crippen LogP contribution in [-0.4, -0.2) is 0 Å². The van der Waals surface area contributed by atoms with Gasteiger partial charge in [-0.2, -0.15) is 0 Å². The van der Waals surface area contributed by atoms with Crippen LogP contribution in [-0.2, 0) is 12.3 Å². The molecule has 0 unspecified atom stereocenters. The van der Waals surface area contributed by atoms with Gasteiger partial charge in [-0.3, -0.25) is 0 Å². The van der Waals surface area contributed by atoms with E-state index in [4.69, 9.17) is 0 Å². The molecule has 0 saturated heterocycles. The minimum absolute atomic E-state index is 0.402. The van der Waals surface area contributed by atoms with Gasteiger partial charge in [-0.25, -0.2) is 0 Å². The van der Waals surface area contributed by atoms with Crippen molar-refractivity contribution in [3.05, 3.63) is 126 Å². The van der Waals surface area contributed by atoms with Gasteiger partial charge in [-0.1, -0.05) is 0 Å². The first kappa shape index (κ1) is 20.4. The van der Waals surface area contributed by atoms with Crippen LogP contribution in [0.15, 0.2) is 115 Å². The van der Waals surface area contributed by atoms with Crippen LogP contribution in [0.25, 0.3) is 0 Å². The van der Waals surface area contributed by atoms with Crippen molar-refractivity contribution in [3.63, 3.8) is 0 Å². The van der Waals surface area contributed by atoms with Crippen molar-refractivity contribution in [2.45, 2.75) is 12.3 Å². The van der Waals surface area contributed by atoms with Crippen molar-refractivity contribution < 1.29 is 13.2 Å². The van der Waals surface area contributed by atoms with Crippen LogP contribution in [0.1, 0.15) is 11.1 Å². The summed E-state index contributed by atoms with van der Waals surface area (Å²) < 4.78 is 42.5. The molecule has 4 aromatic rings. The molecule has 0 radical (unpaired) electrons. The van der Waals surface area contributed by atoms with Gasteiger partial charge in [0.15, 0.2) is 0 Å². The fraction of sp³-hybridized carbons (Fsp3) is 0.0769. The standard InChI is InChI=1S/C26H22F3P/c27-26(28,29)24-18-10-11-19-25(24)30(22-14-6-2-7-15-22,23-16-8-3-9-17-23)20-21-12-4-1-5-13-21/h1-19,30H,20H2. The summed E-state index contributed by atoms with van der Waals surface area (Å²) >= 11 is 0. The third kappa shape index (κ3) is 3.91. The maximum absolute atomic E-state index is 14.2. The summed E-state index contributed by atoms with van der Waals surface area (Å²) in [5, 5.41) is 2.34. The fourth-order valence-corrected chi connectivity index (χ4v) is 9.22. The monoisotopic (exact) mass is 422 g/mol. The van der Waals surface area contributed by atoms with Crippen molar-refractivity contribution >= 4 is 23.2 Å². The Labute approximate surface area is 175 Å². The number of rotatable bonds is 5. The fourth-order valence-electron chi connectivity index (χ4n) is 4.23. The topological polar surface area (TPSA) is 0 Å². The molecule has 4 rings (SSSR count). The van der Waals surface area contributed by atoms with Crippen LogP contribution < -0.4 is 15.9 Å². The van der Waals surface area contributed by atoms with Gasteiger partial charge >= 0.3 is 175 Å². The third-order valence-electron chi connectivity index (χ3n) is 5.54. The molecule has 0 amide bonds. The predicted molar refractivity (Wildman–Crippen MR) is 122 cm³/mol. The second kappa shape index (κ2) is 8.45. The molecular weight excluding hydrogens is 400 g/mol. The summed E-state index contributed by atoms with van der Waals surface area (Å²) in [5.74, 6) is 0. The summed E-state index contributed by atoms with van der Waals surface area (Å²) in [6, 6.07) is 35.3. The van der Waals surface area contributed by atoms with Crippen molar-refractivity contribution in [2.75, 3.05) is 0 Å². The van der Waals surface area contributed by atoms with Crippen LogP contribution in [0.2, 0.25) is 0 Å². The molecule has 4 heteroatoms. The first-order valence-corrected chi connectivity index (χ1v) is 12.0. The summed E-state index contributed by atoms with van der Waals surface area (Å²) in [5.41, 5.74) is 0.495. The van der Waals surface area contributed by atoms with Crippen molar-refractivity contribution in [2.24, 2.45) is 0 Å². The van der Waals surface area contributed by atoms with Gasteiger partial charge in [0.1, 0.15) is 0 Å². The Morgan fingerprint density at radius 1 is 0.533 bits per heavy atom. The van der Waals surface area contributed by atoms with Gasteiger partial charge in [0.25, 0.3) is 0 Å². The predicted octanol–water partition coefficient (Wildman–Crippen LogP) is 5.93. The van der Waals surface area contributed by atoms with E-state index in [-0.39, 0.29) is 0 Å². The van der Waals surface area contributed by atoms with Crippen LogP contribution >= 0.6 is 7.26 Å². The molecule has 0 aliphatic heterocycles. The molecule has 152 valence electrons. The molecule has 0 aromatic heterocycles. The van der Waals surface area contributed by atoms with Crippen molar-refractivity contribution in [1.82, 2.24) is 0 Å². The molecule has 0 heterocycles.